The summed E-state index contributed by atoms with van der Waals surface area (Å²) in [5.74, 6) is 1.87. The van der Waals surface area contributed by atoms with Gasteiger partial charge in [0.05, 0.1) is 0 Å². The Hall–Kier alpha value is -2.60. The molecule has 2 bridgehead atoms. The molecule has 4 atom stereocenters. The molecule has 7 heteroatoms. The number of pyridine rings is 1. The van der Waals surface area contributed by atoms with Crippen molar-refractivity contribution in [3.63, 3.8) is 0 Å². The second-order valence-corrected chi connectivity index (χ2v) is 8.59. The molecule has 1 N–H and O–H groups in total. The molecule has 28 heavy (non-hydrogen) atoms. The van der Waals surface area contributed by atoms with Gasteiger partial charge in [-0.15, -0.1) is 0 Å². The van der Waals surface area contributed by atoms with Crippen LogP contribution in [0.25, 0.3) is 0 Å². The molecule has 5 heterocycles. The van der Waals surface area contributed by atoms with Crippen LogP contribution in [0.5, 0.6) is 0 Å². The molecule has 1 aromatic carbocycles. The maximum Gasteiger partial charge on any atom is 0.250 e. The monoisotopic (exact) mass is 393 g/mol. The normalized spacial score (nSPS) is 29.5. The maximum absolute atomic E-state index is 12.3. The molecule has 0 radical (unpaired) electrons. The predicted molar refractivity (Wildman–Crippen MR) is 111 cm³/mol. The number of nitrogens with zero attached hydrogens (tertiary/aromatic N) is 4. The largest absolute Gasteiger partial charge is 0.373 e. The highest BCUT2D eigenvalue weighted by Crippen LogP contribution is 2.42. The van der Waals surface area contributed by atoms with Crippen molar-refractivity contribution < 1.29 is 0 Å². The molecule has 4 aliphatic heterocycles. The Morgan fingerprint density at radius 1 is 1.14 bits per heavy atom. The lowest BCUT2D eigenvalue weighted by Crippen LogP contribution is -2.53. The predicted octanol–water partition coefficient (Wildman–Crippen LogP) is 2.90. The molecule has 6 nitrogen and oxygen atoms in total. The number of likely N-dealkylation sites (tertiary alicyclic amines) is 1. The third-order valence-corrected chi connectivity index (χ3v) is 6.69. The molecule has 4 unspecified atom stereocenters. The van der Waals surface area contributed by atoms with Crippen molar-refractivity contribution in [1.82, 2.24) is 9.47 Å². The smallest absolute Gasteiger partial charge is 0.250 e. The first-order valence-electron chi connectivity index (χ1n) is 9.77. The number of amidine groups is 1. The molecule has 4 aliphatic rings. The van der Waals surface area contributed by atoms with E-state index in [2.05, 4.69) is 26.3 Å². The van der Waals surface area contributed by atoms with Gasteiger partial charge in [-0.25, -0.2) is 4.99 Å². The van der Waals surface area contributed by atoms with Gasteiger partial charge in [0.15, 0.2) is 0 Å². The molecule has 6 rings (SSSR count). The van der Waals surface area contributed by atoms with E-state index >= 15 is 0 Å². The molecule has 0 saturated carbocycles. The highest BCUT2D eigenvalue weighted by Gasteiger charge is 2.42. The van der Waals surface area contributed by atoms with E-state index in [-0.39, 0.29) is 17.6 Å². The van der Waals surface area contributed by atoms with Gasteiger partial charge >= 0.3 is 0 Å². The minimum atomic E-state index is 0.0119. The number of rotatable bonds is 0. The van der Waals surface area contributed by atoms with Crippen LogP contribution in [0, 0.1) is 5.92 Å². The molecule has 2 aromatic rings. The van der Waals surface area contributed by atoms with Crippen molar-refractivity contribution in [3.05, 3.63) is 63.0 Å². The molecule has 0 amide bonds. The zero-order chi connectivity index (χ0) is 18.8. The Kier molecular flexibility index (Phi) is 3.48. The fraction of sp³-hybridized carbons (Fsp3) is 0.381. The Morgan fingerprint density at radius 2 is 2.07 bits per heavy atom. The zero-order valence-electron chi connectivity index (χ0n) is 15.3. The summed E-state index contributed by atoms with van der Waals surface area (Å²) in [5, 5.41) is 4.34. The van der Waals surface area contributed by atoms with E-state index < -0.39 is 0 Å². The van der Waals surface area contributed by atoms with E-state index in [1.54, 1.807) is 12.4 Å². The Balaban J connectivity index is 1.33. The fourth-order valence-corrected chi connectivity index (χ4v) is 5.49. The second kappa shape index (κ2) is 5.95. The van der Waals surface area contributed by atoms with Crippen molar-refractivity contribution in [1.29, 1.82) is 0 Å². The number of piperidine rings is 1. The molecule has 142 valence electrons. The minimum absolute atomic E-state index is 0.0119. The van der Waals surface area contributed by atoms with E-state index in [0.29, 0.717) is 11.8 Å². The summed E-state index contributed by atoms with van der Waals surface area (Å²) in [7, 11) is 0. The van der Waals surface area contributed by atoms with Gasteiger partial charge in [-0.3, -0.25) is 9.79 Å². The number of anilines is 1. The molecule has 0 aliphatic carbocycles. The van der Waals surface area contributed by atoms with Gasteiger partial charge in [0.1, 0.15) is 24.3 Å². The van der Waals surface area contributed by atoms with Gasteiger partial charge in [-0.2, -0.15) is 0 Å². The summed E-state index contributed by atoms with van der Waals surface area (Å²) in [6.45, 7) is 2.60. The van der Waals surface area contributed by atoms with Crippen LogP contribution in [-0.2, 0) is 6.54 Å². The second-order valence-electron chi connectivity index (χ2n) is 8.15. The minimum Gasteiger partial charge on any atom is -0.373 e. The first-order valence-corrected chi connectivity index (χ1v) is 10.2. The van der Waals surface area contributed by atoms with Crippen LogP contribution in [0.15, 0.2) is 51.2 Å². The third-order valence-electron chi connectivity index (χ3n) is 6.46. The van der Waals surface area contributed by atoms with E-state index in [4.69, 9.17) is 11.6 Å². The maximum atomic E-state index is 12.3. The van der Waals surface area contributed by atoms with Gasteiger partial charge in [-0.05, 0) is 36.6 Å². The zero-order valence-corrected chi connectivity index (χ0v) is 16.0. The standard InChI is InChI=1S/C21H20ClN5O/c22-14-4-5-16-15(7-14)19-20(25-16)21(24-11-23-19)26-8-12-6-13(10-26)17-2-1-3-18(28)27(17)9-12/h1-5,7,11-13,19-20,25H,6,8-10H2. The number of aromatic nitrogens is 1. The van der Waals surface area contributed by atoms with Crippen LogP contribution >= 0.6 is 11.6 Å². The van der Waals surface area contributed by atoms with Gasteiger partial charge in [0.25, 0.3) is 5.56 Å². The van der Waals surface area contributed by atoms with E-state index in [0.717, 1.165) is 53.9 Å². The van der Waals surface area contributed by atoms with Crippen LogP contribution in [0.3, 0.4) is 0 Å². The Morgan fingerprint density at radius 3 is 3.00 bits per heavy atom. The van der Waals surface area contributed by atoms with Crippen molar-refractivity contribution >= 4 is 29.5 Å². The quantitative estimate of drug-likeness (QED) is 0.748. The van der Waals surface area contributed by atoms with Crippen LogP contribution in [0.2, 0.25) is 5.02 Å². The summed E-state index contributed by atoms with van der Waals surface area (Å²) in [6, 6.07) is 11.6. The number of aliphatic imine (C=N–C) groups is 2. The lowest BCUT2D eigenvalue weighted by atomic mass is 9.82. The van der Waals surface area contributed by atoms with Crippen LogP contribution in [0.1, 0.15) is 29.6 Å². The summed E-state index contributed by atoms with van der Waals surface area (Å²) in [4.78, 5) is 24.0. The van der Waals surface area contributed by atoms with Crippen LogP contribution in [-0.4, -0.2) is 40.8 Å². The van der Waals surface area contributed by atoms with Gasteiger partial charge in [0.2, 0.25) is 0 Å². The third kappa shape index (κ3) is 2.37. The summed E-state index contributed by atoms with van der Waals surface area (Å²) in [5.41, 5.74) is 3.49. The lowest BCUT2D eigenvalue weighted by Gasteiger charge is -2.45. The highest BCUT2D eigenvalue weighted by atomic mass is 35.5. The SMILES string of the molecule is O=c1cccc2n1CC1CC2CN(C2=NC=NC3c4cc(Cl)ccc4NC23)C1. The van der Waals surface area contributed by atoms with Crippen molar-refractivity contribution in [3.8, 4) is 0 Å². The molecular weight excluding hydrogens is 374 g/mol. The van der Waals surface area contributed by atoms with Crippen molar-refractivity contribution in [2.75, 3.05) is 18.4 Å². The number of benzene rings is 1. The van der Waals surface area contributed by atoms with Crippen LogP contribution in [0.4, 0.5) is 5.69 Å². The van der Waals surface area contributed by atoms with Gasteiger partial charge in [0, 0.05) is 53.6 Å². The van der Waals surface area contributed by atoms with Crippen molar-refractivity contribution in [2.45, 2.75) is 31.0 Å². The Bertz CT molecular complexity index is 1090. The number of halogens is 1. The van der Waals surface area contributed by atoms with Gasteiger partial charge in [-0.1, -0.05) is 17.7 Å². The molecule has 1 fully saturated rings. The van der Waals surface area contributed by atoms with E-state index in [1.807, 2.05) is 28.8 Å². The average Bonchev–Trinajstić information content (AvgIpc) is 3.07. The van der Waals surface area contributed by atoms with Crippen LogP contribution < -0.4 is 10.9 Å². The van der Waals surface area contributed by atoms with E-state index in [1.165, 1.54) is 0 Å². The first kappa shape index (κ1) is 16.4. The van der Waals surface area contributed by atoms with E-state index in [9.17, 15) is 4.79 Å². The van der Waals surface area contributed by atoms with Crippen molar-refractivity contribution in [2.24, 2.45) is 15.9 Å². The molecule has 1 aromatic heterocycles. The number of nitrogens with one attached hydrogen (secondary N) is 1. The highest BCUT2D eigenvalue weighted by molar-refractivity contribution is 6.30. The number of hydrogen-bond donors (Lipinski definition) is 1. The Labute approximate surface area is 167 Å². The summed E-state index contributed by atoms with van der Waals surface area (Å²) in [6.07, 6.45) is 2.83. The molecule has 0 spiro atoms. The molecule has 1 saturated heterocycles. The first-order chi connectivity index (χ1) is 13.7. The number of fused-ring (bicyclic) bond motifs is 7. The number of hydrogen-bond acceptors (Lipinski definition) is 5. The fourth-order valence-electron chi connectivity index (χ4n) is 5.31. The summed E-state index contributed by atoms with van der Waals surface area (Å²) < 4.78 is 1.97. The lowest BCUT2D eigenvalue weighted by molar-refractivity contribution is 0.175. The average molecular weight is 394 g/mol. The molecular formula is C21H20ClN5O. The van der Waals surface area contributed by atoms with Gasteiger partial charge < -0.3 is 14.8 Å². The summed E-state index contributed by atoms with van der Waals surface area (Å²) >= 11 is 6.22. The topological polar surface area (TPSA) is 62.0 Å².